The molecule has 3 N–H and O–H groups in total. The van der Waals surface area contributed by atoms with Crippen molar-refractivity contribution >= 4 is 17.6 Å². The Hall–Kier alpha value is -2.89. The molecule has 0 unspecified atom stereocenters. The number of carbonyl (C=O) groups excluding carboxylic acids is 2. The first-order valence-corrected chi connectivity index (χ1v) is 7.66. The molecule has 2 aromatic carbocycles. The third kappa shape index (κ3) is 5.72. The second-order valence-electron chi connectivity index (χ2n) is 5.33. The van der Waals surface area contributed by atoms with Crippen LogP contribution in [0.15, 0.2) is 48.5 Å². The van der Waals surface area contributed by atoms with Gasteiger partial charge in [-0.25, -0.2) is 9.18 Å². The summed E-state index contributed by atoms with van der Waals surface area (Å²) in [5, 5.41) is 8.10. The number of benzene rings is 2. The molecule has 126 valence electrons. The summed E-state index contributed by atoms with van der Waals surface area (Å²) in [4.78, 5) is 22.8. The highest BCUT2D eigenvalue weighted by Crippen LogP contribution is 2.10. The van der Waals surface area contributed by atoms with Crippen molar-refractivity contribution in [3.63, 3.8) is 0 Å². The molecule has 5 nitrogen and oxygen atoms in total. The molecule has 0 aliphatic rings. The molecule has 0 radical (unpaired) electrons. The fourth-order valence-corrected chi connectivity index (χ4v) is 2.22. The molecule has 6 heteroatoms. The average Bonchev–Trinajstić information content (AvgIpc) is 2.54. The van der Waals surface area contributed by atoms with E-state index in [0.717, 1.165) is 5.56 Å². The Labute approximate surface area is 140 Å². The quantitative estimate of drug-likeness (QED) is 0.763. The predicted octanol–water partition coefficient (Wildman–Crippen LogP) is 2.83. The third-order valence-electron chi connectivity index (χ3n) is 3.34. The zero-order valence-electron chi connectivity index (χ0n) is 13.4. The van der Waals surface area contributed by atoms with Crippen molar-refractivity contribution in [3.05, 3.63) is 65.5 Å². The molecule has 0 saturated heterocycles. The minimum Gasteiger partial charge on any atom is -0.338 e. The van der Waals surface area contributed by atoms with Crippen molar-refractivity contribution in [2.75, 3.05) is 11.9 Å². The lowest BCUT2D eigenvalue weighted by atomic mass is 10.1. The summed E-state index contributed by atoms with van der Waals surface area (Å²) >= 11 is 0. The number of urea groups is 1. The van der Waals surface area contributed by atoms with Gasteiger partial charge in [0.25, 0.3) is 0 Å². The molecule has 0 bridgehead atoms. The Kier molecular flexibility index (Phi) is 6.31. The van der Waals surface area contributed by atoms with Gasteiger partial charge in [0.1, 0.15) is 5.82 Å². The van der Waals surface area contributed by atoms with Gasteiger partial charge in [-0.3, -0.25) is 4.79 Å². The Balaban J connectivity index is 1.75. The molecule has 0 spiro atoms. The van der Waals surface area contributed by atoms with E-state index in [1.807, 2.05) is 6.07 Å². The zero-order valence-corrected chi connectivity index (χ0v) is 13.4. The van der Waals surface area contributed by atoms with E-state index >= 15 is 0 Å². The van der Waals surface area contributed by atoms with Gasteiger partial charge in [-0.15, -0.1) is 0 Å². The van der Waals surface area contributed by atoms with E-state index in [-0.39, 0.29) is 17.8 Å². The summed E-state index contributed by atoms with van der Waals surface area (Å²) in [7, 11) is 0. The zero-order chi connectivity index (χ0) is 17.4. The Bertz CT molecular complexity index is 719. The van der Waals surface area contributed by atoms with E-state index in [4.69, 9.17) is 0 Å². The molecule has 0 atom stereocenters. The van der Waals surface area contributed by atoms with Crippen LogP contribution in [-0.2, 0) is 17.8 Å². The first kappa shape index (κ1) is 17.5. The van der Waals surface area contributed by atoms with Gasteiger partial charge in [0, 0.05) is 25.7 Å². The van der Waals surface area contributed by atoms with E-state index in [0.29, 0.717) is 30.8 Å². The van der Waals surface area contributed by atoms with Gasteiger partial charge in [-0.05, 0) is 35.7 Å². The lowest BCUT2D eigenvalue weighted by Gasteiger charge is -2.09. The fraction of sp³-hybridized carbons (Fsp3) is 0.222. The maximum atomic E-state index is 13.5. The van der Waals surface area contributed by atoms with E-state index in [2.05, 4.69) is 16.0 Å². The number of amides is 3. The van der Waals surface area contributed by atoms with Gasteiger partial charge < -0.3 is 16.0 Å². The van der Waals surface area contributed by atoms with E-state index in [9.17, 15) is 14.0 Å². The van der Waals surface area contributed by atoms with Crippen LogP contribution in [0.1, 0.15) is 18.1 Å². The van der Waals surface area contributed by atoms with Gasteiger partial charge >= 0.3 is 6.03 Å². The van der Waals surface area contributed by atoms with E-state index < -0.39 is 0 Å². The van der Waals surface area contributed by atoms with E-state index in [1.165, 1.54) is 13.0 Å². The first-order chi connectivity index (χ1) is 11.5. The second kappa shape index (κ2) is 8.67. The third-order valence-corrected chi connectivity index (χ3v) is 3.34. The van der Waals surface area contributed by atoms with Crippen LogP contribution in [-0.4, -0.2) is 18.5 Å². The maximum Gasteiger partial charge on any atom is 0.315 e. The minimum atomic E-state index is -0.323. The van der Waals surface area contributed by atoms with Crippen LogP contribution in [0, 0.1) is 5.82 Å². The van der Waals surface area contributed by atoms with Crippen LogP contribution in [0.25, 0.3) is 0 Å². The van der Waals surface area contributed by atoms with Gasteiger partial charge in [0.2, 0.25) is 5.91 Å². The molecule has 0 aromatic heterocycles. The molecule has 2 rings (SSSR count). The van der Waals surface area contributed by atoms with Crippen LogP contribution < -0.4 is 16.0 Å². The SMILES string of the molecule is CC(=O)Nc1cccc(CNC(=O)NCCc2ccccc2F)c1. The lowest BCUT2D eigenvalue weighted by molar-refractivity contribution is -0.114. The monoisotopic (exact) mass is 329 g/mol. The van der Waals surface area contributed by atoms with Crippen molar-refractivity contribution in [2.45, 2.75) is 19.9 Å². The number of carbonyl (C=O) groups is 2. The lowest BCUT2D eigenvalue weighted by Crippen LogP contribution is -2.36. The van der Waals surface area contributed by atoms with Crippen LogP contribution in [0.2, 0.25) is 0 Å². The summed E-state index contributed by atoms with van der Waals surface area (Å²) < 4.78 is 13.5. The highest BCUT2D eigenvalue weighted by molar-refractivity contribution is 5.88. The standard InChI is InChI=1S/C18H20FN3O2/c1-13(23)22-16-7-4-5-14(11-16)12-21-18(24)20-10-9-15-6-2-3-8-17(15)19/h2-8,11H,9-10,12H2,1H3,(H,22,23)(H2,20,21,24). The van der Waals surface area contributed by atoms with Crippen molar-refractivity contribution in [2.24, 2.45) is 0 Å². The smallest absolute Gasteiger partial charge is 0.315 e. The van der Waals surface area contributed by atoms with Crippen molar-refractivity contribution < 1.29 is 14.0 Å². The number of halogens is 1. The van der Waals surface area contributed by atoms with Crippen LogP contribution in [0.4, 0.5) is 14.9 Å². The molecular formula is C18H20FN3O2. The summed E-state index contributed by atoms with van der Waals surface area (Å²) in [5.41, 5.74) is 2.12. The Morgan fingerprint density at radius 1 is 1.04 bits per heavy atom. The summed E-state index contributed by atoms with van der Waals surface area (Å²) in [5.74, 6) is -0.416. The predicted molar refractivity (Wildman–Crippen MR) is 91.1 cm³/mol. The molecule has 24 heavy (non-hydrogen) atoms. The summed E-state index contributed by atoms with van der Waals surface area (Å²) in [6.45, 7) is 2.12. The largest absolute Gasteiger partial charge is 0.338 e. The van der Waals surface area contributed by atoms with Crippen LogP contribution >= 0.6 is 0 Å². The molecule has 0 saturated carbocycles. The van der Waals surface area contributed by atoms with Gasteiger partial charge in [-0.2, -0.15) is 0 Å². The van der Waals surface area contributed by atoms with Crippen LogP contribution in [0.5, 0.6) is 0 Å². The molecular weight excluding hydrogens is 309 g/mol. The number of hydrogen-bond donors (Lipinski definition) is 3. The fourth-order valence-electron chi connectivity index (χ4n) is 2.22. The van der Waals surface area contributed by atoms with Crippen molar-refractivity contribution in [1.82, 2.24) is 10.6 Å². The van der Waals surface area contributed by atoms with Crippen molar-refractivity contribution in [3.8, 4) is 0 Å². The molecule has 0 fully saturated rings. The Morgan fingerprint density at radius 2 is 1.83 bits per heavy atom. The normalized spacial score (nSPS) is 10.1. The highest BCUT2D eigenvalue weighted by atomic mass is 19.1. The molecule has 0 aliphatic heterocycles. The Morgan fingerprint density at radius 3 is 2.58 bits per heavy atom. The second-order valence-corrected chi connectivity index (χ2v) is 5.33. The first-order valence-electron chi connectivity index (χ1n) is 7.66. The number of rotatable bonds is 6. The van der Waals surface area contributed by atoms with Crippen LogP contribution in [0.3, 0.4) is 0 Å². The average molecular weight is 329 g/mol. The van der Waals surface area contributed by atoms with Gasteiger partial charge in [-0.1, -0.05) is 30.3 Å². The minimum absolute atomic E-state index is 0.147. The summed E-state index contributed by atoms with van der Waals surface area (Å²) in [6.07, 6.45) is 0.429. The van der Waals surface area contributed by atoms with Gasteiger partial charge in [0.05, 0.1) is 0 Å². The molecule has 0 aliphatic carbocycles. The van der Waals surface area contributed by atoms with Gasteiger partial charge in [0.15, 0.2) is 0 Å². The maximum absolute atomic E-state index is 13.5. The number of anilines is 1. The topological polar surface area (TPSA) is 70.2 Å². The highest BCUT2D eigenvalue weighted by Gasteiger charge is 2.04. The van der Waals surface area contributed by atoms with E-state index in [1.54, 1.807) is 36.4 Å². The number of nitrogens with one attached hydrogen (secondary N) is 3. The summed E-state index contributed by atoms with van der Waals surface area (Å²) in [6, 6.07) is 13.4. The van der Waals surface area contributed by atoms with Crippen molar-refractivity contribution in [1.29, 1.82) is 0 Å². The molecule has 2 aromatic rings. The number of hydrogen-bond acceptors (Lipinski definition) is 2. The molecule has 0 heterocycles. The molecule has 3 amide bonds.